The third-order valence-electron chi connectivity index (χ3n) is 6.81. The lowest BCUT2D eigenvalue weighted by atomic mass is 10.1. The molecule has 0 radical (unpaired) electrons. The van der Waals surface area contributed by atoms with Gasteiger partial charge in [-0.3, -0.25) is 0 Å². The van der Waals surface area contributed by atoms with Crippen LogP contribution in [0.5, 0.6) is 0 Å². The molecule has 2 heterocycles. The van der Waals surface area contributed by atoms with Crippen LogP contribution in [0.1, 0.15) is 30.2 Å². The predicted octanol–water partition coefficient (Wildman–Crippen LogP) is 3.75. The number of anilines is 2. The zero-order valence-electron chi connectivity index (χ0n) is 20.3. The van der Waals surface area contributed by atoms with Crippen molar-refractivity contribution in [2.75, 3.05) is 17.2 Å². The van der Waals surface area contributed by atoms with Crippen molar-refractivity contribution >= 4 is 33.3 Å². The topological polar surface area (TPSA) is 123 Å². The molecule has 2 aromatic carbocycles. The molecule has 1 aliphatic carbocycles. The summed E-state index contributed by atoms with van der Waals surface area (Å²) in [6, 6.07) is 15.9. The van der Waals surface area contributed by atoms with E-state index in [0.29, 0.717) is 24.7 Å². The predicted molar refractivity (Wildman–Crippen MR) is 143 cm³/mol. The molecule has 8 nitrogen and oxygen atoms in total. The van der Waals surface area contributed by atoms with Gasteiger partial charge in [0.15, 0.2) is 0 Å². The van der Waals surface area contributed by atoms with Crippen LogP contribution in [0.25, 0.3) is 20.8 Å². The molecule has 1 fully saturated rings. The maximum absolute atomic E-state index is 10.6. The van der Waals surface area contributed by atoms with Crippen LogP contribution in [0.4, 0.5) is 11.8 Å². The number of para-hydroxylation sites is 1. The van der Waals surface area contributed by atoms with Crippen molar-refractivity contribution in [1.82, 2.24) is 15.0 Å². The van der Waals surface area contributed by atoms with Crippen LogP contribution in [0.3, 0.4) is 0 Å². The molecule has 0 amide bonds. The average molecular weight is 506 g/mol. The van der Waals surface area contributed by atoms with Gasteiger partial charge in [0, 0.05) is 19.1 Å². The van der Waals surface area contributed by atoms with Gasteiger partial charge in [-0.25, -0.2) is 9.97 Å². The van der Waals surface area contributed by atoms with Crippen molar-refractivity contribution in [2.24, 2.45) is 5.92 Å². The van der Waals surface area contributed by atoms with Crippen molar-refractivity contribution in [1.29, 1.82) is 0 Å². The Hall–Kier alpha value is -3.11. The Labute approximate surface area is 214 Å². The van der Waals surface area contributed by atoms with E-state index < -0.39 is 24.2 Å². The summed E-state index contributed by atoms with van der Waals surface area (Å²) in [7, 11) is 0. The molecular formula is C27H31N5O3S. The number of nitrogens with one attached hydrogen (secondary N) is 2. The minimum atomic E-state index is -1.02. The molecule has 0 saturated heterocycles. The summed E-state index contributed by atoms with van der Waals surface area (Å²) < 4.78 is 1.06. The quantitative estimate of drug-likeness (QED) is 0.245. The van der Waals surface area contributed by atoms with E-state index >= 15 is 0 Å². The number of nitrogens with zero attached hydrogens (tertiary/aromatic N) is 3. The fourth-order valence-electron chi connectivity index (χ4n) is 4.76. The van der Waals surface area contributed by atoms with Crippen LogP contribution >= 0.6 is 11.3 Å². The summed E-state index contributed by atoms with van der Waals surface area (Å²) in [5, 5.41) is 38.1. The number of aliphatic hydroxyl groups is 3. The first-order valence-corrected chi connectivity index (χ1v) is 13.1. The van der Waals surface area contributed by atoms with Gasteiger partial charge >= 0.3 is 0 Å². The fourth-order valence-corrected chi connectivity index (χ4v) is 5.82. The molecule has 0 aliphatic heterocycles. The number of fused-ring (bicyclic) bond motifs is 1. The third-order valence-corrected chi connectivity index (χ3v) is 7.86. The molecular weight excluding hydrogens is 474 g/mol. The number of aliphatic hydroxyl groups excluding tert-OH is 3. The highest BCUT2D eigenvalue weighted by Crippen LogP contribution is 2.38. The summed E-state index contributed by atoms with van der Waals surface area (Å²) in [5.74, 6) is 0.615. The lowest BCUT2D eigenvalue weighted by Crippen LogP contribution is -2.35. The Bertz CT molecular complexity index is 1330. The molecule has 1 saturated carbocycles. The molecule has 0 unspecified atom stereocenters. The van der Waals surface area contributed by atoms with Crippen LogP contribution in [0.2, 0.25) is 0 Å². The Balaban J connectivity index is 1.50. The van der Waals surface area contributed by atoms with Gasteiger partial charge in [-0.15, -0.1) is 11.3 Å². The highest BCUT2D eigenvalue weighted by molar-refractivity contribution is 7.21. The Kier molecular flexibility index (Phi) is 7.15. The minimum Gasteiger partial charge on any atom is -0.396 e. The molecule has 36 heavy (non-hydrogen) atoms. The van der Waals surface area contributed by atoms with Gasteiger partial charge in [-0.2, -0.15) is 4.98 Å². The molecule has 9 heteroatoms. The number of aromatic nitrogens is 3. The second-order valence-corrected chi connectivity index (χ2v) is 10.3. The highest BCUT2D eigenvalue weighted by Gasteiger charge is 2.41. The van der Waals surface area contributed by atoms with E-state index in [1.807, 2.05) is 31.2 Å². The van der Waals surface area contributed by atoms with Crippen molar-refractivity contribution in [3.63, 3.8) is 0 Å². The molecule has 1 aliphatic rings. The standard InChI is InChI=1S/C27H31N5O3S/c1-3-16-7-6-8-17(11-16)13-28-27-29-15(2)22(26-31-19-9-4-5-10-21(19)36-26)25(32-27)30-20-12-18(14-33)23(34)24(20)35/h4-11,18,20,23-24,33-35H,3,12-14H2,1-2H3,(H2,28,29,30,32)/t18-,20-,23-,24+/m1/s1. The number of benzene rings is 2. The van der Waals surface area contributed by atoms with Gasteiger partial charge in [0.05, 0.1) is 33.6 Å². The highest BCUT2D eigenvalue weighted by atomic mass is 32.1. The van der Waals surface area contributed by atoms with Crippen LogP contribution in [-0.2, 0) is 13.0 Å². The lowest BCUT2D eigenvalue weighted by Gasteiger charge is -2.21. The second-order valence-electron chi connectivity index (χ2n) is 9.28. The van der Waals surface area contributed by atoms with Crippen LogP contribution < -0.4 is 10.6 Å². The van der Waals surface area contributed by atoms with Crippen LogP contribution in [0, 0.1) is 12.8 Å². The van der Waals surface area contributed by atoms with Crippen LogP contribution in [0.15, 0.2) is 48.5 Å². The largest absolute Gasteiger partial charge is 0.396 e. The van der Waals surface area contributed by atoms with Gasteiger partial charge in [-0.05, 0) is 43.0 Å². The zero-order chi connectivity index (χ0) is 25.2. The zero-order valence-corrected chi connectivity index (χ0v) is 21.2. The Morgan fingerprint density at radius 2 is 1.81 bits per heavy atom. The molecule has 0 bridgehead atoms. The van der Waals surface area contributed by atoms with E-state index in [2.05, 4.69) is 41.8 Å². The average Bonchev–Trinajstić information content (AvgIpc) is 3.43. The molecule has 4 aromatic rings. The SMILES string of the molecule is CCc1cccc(CNc2nc(C)c(-c3nc4ccccc4s3)c(N[C@@H]3C[C@H](CO)[C@@H](O)[C@H]3O)n2)c1. The minimum absolute atomic E-state index is 0.187. The summed E-state index contributed by atoms with van der Waals surface area (Å²) in [5.41, 5.74) is 4.83. The first-order valence-electron chi connectivity index (χ1n) is 12.3. The van der Waals surface area contributed by atoms with E-state index in [9.17, 15) is 15.3 Å². The van der Waals surface area contributed by atoms with Gasteiger partial charge in [0.1, 0.15) is 16.9 Å². The maximum atomic E-state index is 10.6. The van der Waals surface area contributed by atoms with E-state index in [4.69, 9.17) is 15.0 Å². The van der Waals surface area contributed by atoms with Crippen molar-refractivity contribution in [3.05, 3.63) is 65.4 Å². The van der Waals surface area contributed by atoms with Gasteiger partial charge in [-0.1, -0.05) is 43.3 Å². The Morgan fingerprint density at radius 1 is 1.00 bits per heavy atom. The van der Waals surface area contributed by atoms with Gasteiger partial charge in [0.25, 0.3) is 0 Å². The monoisotopic (exact) mass is 505 g/mol. The Morgan fingerprint density at radius 3 is 2.56 bits per heavy atom. The smallest absolute Gasteiger partial charge is 0.225 e. The first kappa shape index (κ1) is 24.6. The van der Waals surface area contributed by atoms with E-state index in [0.717, 1.165) is 38.5 Å². The van der Waals surface area contributed by atoms with E-state index in [-0.39, 0.29) is 6.61 Å². The molecule has 0 spiro atoms. The maximum Gasteiger partial charge on any atom is 0.225 e. The van der Waals surface area contributed by atoms with E-state index in [1.165, 1.54) is 5.56 Å². The molecule has 5 rings (SSSR count). The lowest BCUT2D eigenvalue weighted by molar-refractivity contribution is 0.00446. The van der Waals surface area contributed by atoms with Gasteiger partial charge < -0.3 is 26.0 Å². The normalized spacial score (nSPS) is 21.7. The molecule has 5 N–H and O–H groups in total. The number of rotatable bonds is 8. The summed E-state index contributed by atoms with van der Waals surface area (Å²) >= 11 is 1.56. The van der Waals surface area contributed by atoms with E-state index in [1.54, 1.807) is 11.3 Å². The van der Waals surface area contributed by atoms with Gasteiger partial charge in [0.2, 0.25) is 5.95 Å². The first-order chi connectivity index (χ1) is 17.5. The summed E-state index contributed by atoms with van der Waals surface area (Å²) in [6.07, 6.45) is -0.620. The molecule has 4 atom stereocenters. The van der Waals surface area contributed by atoms with Crippen molar-refractivity contribution < 1.29 is 15.3 Å². The van der Waals surface area contributed by atoms with Crippen LogP contribution in [-0.4, -0.2) is 55.1 Å². The second kappa shape index (κ2) is 10.5. The number of hydrogen-bond acceptors (Lipinski definition) is 9. The summed E-state index contributed by atoms with van der Waals surface area (Å²) in [4.78, 5) is 14.3. The van der Waals surface area contributed by atoms with Crippen molar-refractivity contribution in [3.8, 4) is 10.6 Å². The van der Waals surface area contributed by atoms with Crippen molar-refractivity contribution in [2.45, 2.75) is 51.5 Å². The fraction of sp³-hybridized carbons (Fsp3) is 0.370. The third kappa shape index (κ3) is 4.92. The number of hydrogen-bond donors (Lipinski definition) is 5. The molecule has 188 valence electrons. The molecule has 2 aromatic heterocycles. The number of aryl methyl sites for hydroxylation is 2. The summed E-state index contributed by atoms with van der Waals surface area (Å²) in [6.45, 7) is 4.44. The number of thiazole rings is 1.